The number of carbonyl (C=O) groups is 4. The summed E-state index contributed by atoms with van der Waals surface area (Å²) in [5.41, 5.74) is 8.02. The Hall–Kier alpha value is -3.44. The van der Waals surface area contributed by atoms with Gasteiger partial charge in [-0.15, -0.1) is 0 Å². The van der Waals surface area contributed by atoms with Crippen LogP contribution in [0.3, 0.4) is 0 Å². The molecule has 1 unspecified atom stereocenters. The molecule has 3 rings (SSSR count). The lowest BCUT2D eigenvalue weighted by atomic mass is 9.74. The number of rotatable bonds is 22. The lowest BCUT2D eigenvalue weighted by Crippen LogP contribution is -2.60. The molecule has 61 heavy (non-hydrogen) atoms. The van der Waals surface area contributed by atoms with Crippen molar-refractivity contribution in [2.24, 2.45) is 23.5 Å². The monoisotopic (exact) mass is 853 g/mol. The van der Waals surface area contributed by atoms with Crippen LogP contribution in [0.2, 0.25) is 0 Å². The summed E-state index contributed by atoms with van der Waals surface area (Å²) < 4.78 is 17.7. The third-order valence-electron chi connectivity index (χ3n) is 12.7. The highest BCUT2D eigenvalue weighted by atomic mass is 16.6. The van der Waals surface area contributed by atoms with Crippen LogP contribution in [0, 0.1) is 29.6 Å². The molecule has 12 nitrogen and oxygen atoms in total. The number of likely N-dealkylation sites (tertiary alicyclic amines) is 1. The number of carbonyl (C=O) groups excluding carboxylic acids is 4. The topological polar surface area (TPSA) is 186 Å². The average molecular weight is 853 g/mol. The van der Waals surface area contributed by atoms with E-state index in [1.54, 1.807) is 40.0 Å². The zero-order valence-corrected chi connectivity index (χ0v) is 38.1. The predicted molar refractivity (Wildman–Crippen MR) is 237 cm³/mol. The summed E-state index contributed by atoms with van der Waals surface area (Å²) >= 11 is 0. The molecular weight excluding hydrogens is 777 g/mol. The highest BCUT2D eigenvalue weighted by Crippen LogP contribution is 2.37. The maximum absolute atomic E-state index is 14.0. The number of allylic oxidation sites excluding steroid dienone is 5. The van der Waals surface area contributed by atoms with Crippen molar-refractivity contribution >= 4 is 23.3 Å². The number of hydrogen-bond donors (Lipinski definition) is 4. The first-order chi connectivity index (χ1) is 28.8. The van der Waals surface area contributed by atoms with Crippen LogP contribution >= 0.6 is 0 Å². The molecule has 8 atom stereocenters. The summed E-state index contributed by atoms with van der Waals surface area (Å²) in [6.45, 7) is 16.1. The largest absolute Gasteiger partial charge is 0.492 e. The summed E-state index contributed by atoms with van der Waals surface area (Å²) in [6, 6.07) is -0.679. The van der Waals surface area contributed by atoms with E-state index < -0.39 is 65.3 Å². The molecule has 3 aliphatic rings. The Labute approximate surface area is 365 Å². The fourth-order valence-corrected chi connectivity index (χ4v) is 8.62. The molecule has 1 amide bonds. The molecule has 2 aliphatic heterocycles. The summed E-state index contributed by atoms with van der Waals surface area (Å²) in [5.74, 6) is 0.418. The molecule has 0 aromatic rings. The van der Waals surface area contributed by atoms with E-state index in [4.69, 9.17) is 19.9 Å². The number of unbranched alkanes of at least 4 members (excludes halogenated alkanes) is 1. The number of aliphatic hydroxyl groups excluding tert-OH is 2. The van der Waals surface area contributed by atoms with Gasteiger partial charge in [-0.25, -0.2) is 0 Å². The van der Waals surface area contributed by atoms with E-state index in [0.29, 0.717) is 95.7 Å². The number of nitrogens with zero attached hydrogens (tertiary/aromatic N) is 1. The fraction of sp³-hybridized carbons (Fsp3) is 0.714. The Morgan fingerprint density at radius 2 is 1.75 bits per heavy atom. The molecular formula is C49H76N2O10. The van der Waals surface area contributed by atoms with Crippen molar-refractivity contribution in [1.29, 1.82) is 0 Å². The number of Topliss-reactive ketones (excluding diaryl/α,β-unsaturated/α-hetero) is 3. The Balaban J connectivity index is 1.73. The smallest absolute Gasteiger partial charge is 0.296 e. The molecule has 2 saturated heterocycles. The molecule has 1 aliphatic carbocycles. The van der Waals surface area contributed by atoms with Crippen LogP contribution in [0.1, 0.15) is 144 Å². The van der Waals surface area contributed by atoms with Crippen molar-refractivity contribution in [3.05, 3.63) is 47.8 Å². The lowest BCUT2D eigenvalue weighted by molar-refractivity contribution is -0.264. The van der Waals surface area contributed by atoms with Crippen molar-refractivity contribution in [3.63, 3.8) is 0 Å². The number of aliphatic hydroxyl groups is 3. The first-order valence-electron chi connectivity index (χ1n) is 22.6. The Bertz CT molecular complexity index is 1640. The fourth-order valence-electron chi connectivity index (χ4n) is 8.62. The van der Waals surface area contributed by atoms with Gasteiger partial charge in [-0.3, -0.25) is 19.2 Å². The Kier molecular flexibility index (Phi) is 21.3. The second kappa shape index (κ2) is 25.0. The third-order valence-corrected chi connectivity index (χ3v) is 12.7. The molecule has 0 bridgehead atoms. The first-order valence-corrected chi connectivity index (χ1v) is 22.6. The van der Waals surface area contributed by atoms with Crippen LogP contribution in [0.25, 0.3) is 0 Å². The normalized spacial score (nSPS) is 27.9. The van der Waals surface area contributed by atoms with E-state index in [1.807, 2.05) is 32.9 Å². The number of methoxy groups -OCH3 is 1. The SMILES string of the molecule is C=C(O[C@@H](CC(=O)[C@H](C)/C=C(\C)[C@@H](O)CC(=O)CCCC#C/C=C/C=C(C)C)[C@H](C)CC1(N)CCC(O)CC1)C1CCCCN1C(=O)C(=O)[C@]1(O)O[C@H](CCOC)CC[C@H]1C. The van der Waals surface area contributed by atoms with E-state index in [-0.39, 0.29) is 42.6 Å². The van der Waals surface area contributed by atoms with Crippen LogP contribution in [0.5, 0.6) is 0 Å². The van der Waals surface area contributed by atoms with E-state index in [1.165, 1.54) is 10.5 Å². The molecule has 12 heteroatoms. The molecule has 2 heterocycles. The quantitative estimate of drug-likeness (QED) is 0.0230. The molecule has 0 spiro atoms. The standard InChI is InChI=1S/C49H76N2O10/c1-33(2)17-13-11-9-10-12-14-18-40(53)30-43(54)34(3)29-35(4)44(55)31-45(36(5)32-48(50)25-22-39(52)23-26-48)60-38(7)42-19-15-16-27-51(42)47(57)46(56)49(58)37(6)20-21-41(61-49)24-28-59-8/h11,13,17,29,35-37,39,41-43,45,52,54,58H,7,12,14-16,18-28,30-32,50H2,1-6,8H3/b13-11+,34-29+/t35-,36-,37-,39?,41+,42?,43+,45+,48?,49-/m1/s1. The van der Waals surface area contributed by atoms with E-state index in [9.17, 15) is 34.5 Å². The second-order valence-electron chi connectivity index (χ2n) is 18.3. The minimum absolute atomic E-state index is 0.0169. The van der Waals surface area contributed by atoms with Crippen LogP contribution in [-0.4, -0.2) is 106 Å². The highest BCUT2D eigenvalue weighted by Gasteiger charge is 2.52. The van der Waals surface area contributed by atoms with Crippen molar-refractivity contribution in [2.75, 3.05) is 20.3 Å². The minimum atomic E-state index is -2.27. The minimum Gasteiger partial charge on any atom is -0.492 e. The molecule has 0 radical (unpaired) electrons. The van der Waals surface area contributed by atoms with Crippen molar-refractivity contribution in [1.82, 2.24) is 4.90 Å². The van der Waals surface area contributed by atoms with Gasteiger partial charge in [-0.1, -0.05) is 63.0 Å². The number of piperidine rings is 1. The van der Waals surface area contributed by atoms with Gasteiger partial charge in [0.2, 0.25) is 5.79 Å². The second-order valence-corrected chi connectivity index (χ2v) is 18.3. The molecule has 3 fully saturated rings. The number of ether oxygens (including phenoxy) is 3. The number of nitrogens with two attached hydrogens (primary N) is 1. The van der Waals surface area contributed by atoms with Crippen molar-refractivity contribution in [3.8, 4) is 11.8 Å². The molecule has 1 saturated carbocycles. The number of amides is 1. The van der Waals surface area contributed by atoms with Gasteiger partial charge in [0, 0.05) is 63.3 Å². The molecule has 5 N–H and O–H groups in total. The number of ketones is 3. The Morgan fingerprint density at radius 1 is 1.05 bits per heavy atom. The lowest BCUT2D eigenvalue weighted by Gasteiger charge is -2.43. The first kappa shape index (κ1) is 51.9. The van der Waals surface area contributed by atoms with Crippen LogP contribution in [-0.2, 0) is 33.4 Å². The third kappa shape index (κ3) is 16.3. The summed E-state index contributed by atoms with van der Waals surface area (Å²) in [7, 11) is 1.57. The van der Waals surface area contributed by atoms with Gasteiger partial charge in [-0.2, -0.15) is 0 Å². The van der Waals surface area contributed by atoms with Gasteiger partial charge < -0.3 is 40.2 Å². The van der Waals surface area contributed by atoms with Crippen LogP contribution < -0.4 is 5.73 Å². The zero-order valence-electron chi connectivity index (χ0n) is 38.1. The number of hydrogen-bond acceptors (Lipinski definition) is 11. The summed E-state index contributed by atoms with van der Waals surface area (Å²) in [4.78, 5) is 55.9. The van der Waals surface area contributed by atoms with Crippen molar-refractivity contribution in [2.45, 2.75) is 186 Å². The predicted octanol–water partition coefficient (Wildman–Crippen LogP) is 6.59. The van der Waals surface area contributed by atoms with Crippen LogP contribution in [0.15, 0.2) is 47.8 Å². The average Bonchev–Trinajstić information content (AvgIpc) is 3.22. The van der Waals surface area contributed by atoms with E-state index in [2.05, 4.69) is 18.4 Å². The Morgan fingerprint density at radius 3 is 2.43 bits per heavy atom. The molecule has 0 aromatic heterocycles. The van der Waals surface area contributed by atoms with Gasteiger partial charge >= 0.3 is 0 Å². The van der Waals surface area contributed by atoms with Crippen LogP contribution in [0.4, 0.5) is 0 Å². The highest BCUT2D eigenvalue weighted by molar-refractivity contribution is 6.39. The zero-order chi connectivity index (χ0) is 45.3. The maximum atomic E-state index is 14.0. The van der Waals surface area contributed by atoms with Crippen molar-refractivity contribution < 1.29 is 48.7 Å². The maximum Gasteiger partial charge on any atom is 0.296 e. The molecule has 342 valence electrons. The summed E-state index contributed by atoms with van der Waals surface area (Å²) in [5, 5.41) is 32.7. The van der Waals surface area contributed by atoms with Gasteiger partial charge in [0.05, 0.1) is 24.4 Å². The van der Waals surface area contributed by atoms with E-state index >= 15 is 0 Å². The molecule has 0 aromatic carbocycles. The van der Waals surface area contributed by atoms with Gasteiger partial charge in [0.1, 0.15) is 23.4 Å². The summed E-state index contributed by atoms with van der Waals surface area (Å²) in [6.07, 6.45) is 12.6. The van der Waals surface area contributed by atoms with Gasteiger partial charge in [0.25, 0.3) is 11.7 Å². The van der Waals surface area contributed by atoms with E-state index in [0.717, 1.165) is 6.42 Å². The van der Waals surface area contributed by atoms with Gasteiger partial charge in [-0.05, 0) is 115 Å². The van der Waals surface area contributed by atoms with Gasteiger partial charge in [0.15, 0.2) is 0 Å².